The molecule has 0 saturated carbocycles. The van der Waals surface area contributed by atoms with Gasteiger partial charge in [-0.15, -0.1) is 0 Å². The van der Waals surface area contributed by atoms with E-state index in [-0.39, 0.29) is 11.2 Å². The van der Waals surface area contributed by atoms with Gasteiger partial charge in [0.05, 0.1) is 7.11 Å². The van der Waals surface area contributed by atoms with Gasteiger partial charge in [0, 0.05) is 5.56 Å². The highest BCUT2D eigenvalue weighted by Crippen LogP contribution is 2.35. The van der Waals surface area contributed by atoms with Crippen molar-refractivity contribution in [3.63, 3.8) is 0 Å². The zero-order valence-corrected chi connectivity index (χ0v) is 12.8. The molecular weight excluding hydrogens is 264 g/mol. The number of aldehydes is 1. The maximum atomic E-state index is 11.3. The van der Waals surface area contributed by atoms with Crippen LogP contribution in [0.15, 0.2) is 36.4 Å². The van der Waals surface area contributed by atoms with Gasteiger partial charge in [-0.25, -0.2) is 0 Å². The third-order valence-electron chi connectivity index (χ3n) is 3.54. The summed E-state index contributed by atoms with van der Waals surface area (Å²) < 4.78 is 5.03. The number of hydrogen-bond donors (Lipinski definition) is 1. The van der Waals surface area contributed by atoms with Crippen LogP contribution < -0.4 is 4.74 Å². The molecule has 0 aliphatic rings. The molecule has 0 saturated heterocycles. The van der Waals surface area contributed by atoms with Crippen molar-refractivity contribution in [3.05, 3.63) is 47.5 Å². The molecule has 0 aromatic heterocycles. The number of rotatable bonds is 3. The highest BCUT2D eigenvalue weighted by atomic mass is 16.5. The standard InChI is InChI=1S/C18H20O3/c1-18(2,3)14-7-5-12(6-8-14)15-10-16(20)17(21-4)9-13(15)11-19/h5-11,20H,1-4H3. The van der Waals surface area contributed by atoms with Crippen LogP contribution in [0.4, 0.5) is 0 Å². The zero-order valence-electron chi connectivity index (χ0n) is 12.8. The Balaban J connectivity index is 2.51. The van der Waals surface area contributed by atoms with Crippen molar-refractivity contribution < 1.29 is 14.6 Å². The van der Waals surface area contributed by atoms with E-state index in [1.165, 1.54) is 12.7 Å². The molecule has 21 heavy (non-hydrogen) atoms. The Morgan fingerprint density at radius 2 is 1.71 bits per heavy atom. The lowest BCUT2D eigenvalue weighted by Crippen LogP contribution is -2.10. The second-order valence-corrected chi connectivity index (χ2v) is 6.06. The Labute approximate surface area is 125 Å². The number of ether oxygens (including phenoxy) is 1. The normalized spacial score (nSPS) is 11.2. The molecule has 0 aliphatic heterocycles. The third-order valence-corrected chi connectivity index (χ3v) is 3.54. The van der Waals surface area contributed by atoms with Crippen molar-refractivity contribution in [1.82, 2.24) is 0 Å². The summed E-state index contributed by atoms with van der Waals surface area (Å²) in [4.78, 5) is 11.3. The minimum absolute atomic E-state index is 0.0259. The minimum Gasteiger partial charge on any atom is -0.504 e. The van der Waals surface area contributed by atoms with E-state index in [1.807, 2.05) is 24.3 Å². The topological polar surface area (TPSA) is 46.5 Å². The lowest BCUT2D eigenvalue weighted by Gasteiger charge is -2.19. The number of carbonyl (C=O) groups excluding carboxylic acids is 1. The number of aromatic hydroxyl groups is 1. The molecule has 2 aromatic carbocycles. The minimum atomic E-state index is 0.0259. The Kier molecular flexibility index (Phi) is 4.03. The fraction of sp³-hybridized carbons (Fsp3) is 0.278. The first kappa shape index (κ1) is 15.1. The molecule has 0 spiro atoms. The smallest absolute Gasteiger partial charge is 0.161 e. The Hall–Kier alpha value is -2.29. The van der Waals surface area contributed by atoms with Crippen molar-refractivity contribution in [3.8, 4) is 22.6 Å². The Morgan fingerprint density at radius 3 is 2.19 bits per heavy atom. The molecule has 0 atom stereocenters. The van der Waals surface area contributed by atoms with Crippen molar-refractivity contribution in [2.24, 2.45) is 0 Å². The molecule has 110 valence electrons. The molecule has 0 unspecified atom stereocenters. The van der Waals surface area contributed by atoms with Gasteiger partial charge < -0.3 is 9.84 Å². The summed E-state index contributed by atoms with van der Waals surface area (Å²) in [7, 11) is 1.46. The Bertz CT molecular complexity index is 649. The van der Waals surface area contributed by atoms with Gasteiger partial charge in [0.2, 0.25) is 0 Å². The van der Waals surface area contributed by atoms with Crippen LogP contribution in [0.2, 0.25) is 0 Å². The Morgan fingerprint density at radius 1 is 1.10 bits per heavy atom. The fourth-order valence-corrected chi connectivity index (χ4v) is 2.24. The molecule has 0 fully saturated rings. The van der Waals surface area contributed by atoms with Crippen molar-refractivity contribution >= 4 is 6.29 Å². The zero-order chi connectivity index (χ0) is 15.6. The van der Waals surface area contributed by atoms with Crippen LogP contribution in [-0.2, 0) is 5.41 Å². The van der Waals surface area contributed by atoms with Gasteiger partial charge in [0.15, 0.2) is 17.8 Å². The van der Waals surface area contributed by atoms with Crippen molar-refractivity contribution in [2.45, 2.75) is 26.2 Å². The second kappa shape index (κ2) is 5.60. The van der Waals surface area contributed by atoms with Crippen LogP contribution >= 0.6 is 0 Å². The number of hydrogen-bond acceptors (Lipinski definition) is 3. The molecule has 3 heteroatoms. The number of carbonyl (C=O) groups is 1. The number of phenols is 1. The van der Waals surface area contributed by atoms with Gasteiger partial charge in [-0.05, 0) is 34.2 Å². The first-order valence-corrected chi connectivity index (χ1v) is 6.84. The number of phenolic OH excluding ortho intramolecular Hbond substituents is 1. The quantitative estimate of drug-likeness (QED) is 0.860. The van der Waals surface area contributed by atoms with Gasteiger partial charge >= 0.3 is 0 Å². The molecule has 3 nitrogen and oxygen atoms in total. The highest BCUT2D eigenvalue weighted by molar-refractivity contribution is 5.89. The largest absolute Gasteiger partial charge is 0.504 e. The van der Waals surface area contributed by atoms with Gasteiger partial charge in [-0.3, -0.25) is 4.79 Å². The maximum Gasteiger partial charge on any atom is 0.161 e. The summed E-state index contributed by atoms with van der Waals surface area (Å²) in [5, 5.41) is 9.92. The van der Waals surface area contributed by atoms with Gasteiger partial charge in [0.1, 0.15) is 0 Å². The van der Waals surface area contributed by atoms with Gasteiger partial charge in [-0.2, -0.15) is 0 Å². The number of methoxy groups -OCH3 is 1. The summed E-state index contributed by atoms with van der Waals surface area (Å²) in [5.74, 6) is 0.324. The molecule has 0 amide bonds. The van der Waals surface area contributed by atoms with E-state index in [4.69, 9.17) is 4.74 Å². The first-order valence-electron chi connectivity index (χ1n) is 6.84. The predicted octanol–water partition coefficient (Wildman–Crippen LogP) is 4.18. The van der Waals surface area contributed by atoms with E-state index in [2.05, 4.69) is 20.8 Å². The van der Waals surface area contributed by atoms with E-state index < -0.39 is 0 Å². The summed E-state index contributed by atoms with van der Waals surface area (Å²) in [5.41, 5.74) is 3.38. The van der Waals surface area contributed by atoms with Crippen LogP contribution in [0.5, 0.6) is 11.5 Å². The lowest BCUT2D eigenvalue weighted by atomic mass is 9.86. The molecule has 0 radical (unpaired) electrons. The average molecular weight is 284 g/mol. The first-order chi connectivity index (χ1) is 9.86. The molecule has 0 aliphatic carbocycles. The molecule has 0 heterocycles. The van der Waals surface area contributed by atoms with Crippen LogP contribution in [0.3, 0.4) is 0 Å². The second-order valence-electron chi connectivity index (χ2n) is 6.06. The summed E-state index contributed by atoms with van der Waals surface area (Å²) in [6, 6.07) is 11.1. The third kappa shape index (κ3) is 3.07. The predicted molar refractivity (Wildman–Crippen MR) is 84.2 cm³/mol. The summed E-state index contributed by atoms with van der Waals surface area (Å²) >= 11 is 0. The van der Waals surface area contributed by atoms with Gasteiger partial charge in [-0.1, -0.05) is 45.0 Å². The van der Waals surface area contributed by atoms with Crippen molar-refractivity contribution in [2.75, 3.05) is 7.11 Å². The van der Waals surface area contributed by atoms with Crippen LogP contribution in [0, 0.1) is 0 Å². The van der Waals surface area contributed by atoms with E-state index in [0.29, 0.717) is 16.9 Å². The highest BCUT2D eigenvalue weighted by Gasteiger charge is 2.15. The van der Waals surface area contributed by atoms with Crippen LogP contribution in [0.1, 0.15) is 36.7 Å². The summed E-state index contributed by atoms with van der Waals surface area (Å²) in [6.45, 7) is 6.45. The molecule has 2 rings (SSSR count). The monoisotopic (exact) mass is 284 g/mol. The van der Waals surface area contributed by atoms with Crippen molar-refractivity contribution in [1.29, 1.82) is 0 Å². The SMILES string of the molecule is COc1cc(C=O)c(-c2ccc(C(C)(C)C)cc2)cc1O. The van der Waals surface area contributed by atoms with Gasteiger partial charge in [0.25, 0.3) is 0 Å². The average Bonchev–Trinajstić information content (AvgIpc) is 2.46. The molecule has 2 aromatic rings. The molecule has 0 bridgehead atoms. The lowest BCUT2D eigenvalue weighted by molar-refractivity contribution is 0.112. The summed E-state index contributed by atoms with van der Waals surface area (Å²) in [6.07, 6.45) is 0.773. The van der Waals surface area contributed by atoms with Crippen LogP contribution in [0.25, 0.3) is 11.1 Å². The molecular formula is C18H20O3. The fourth-order valence-electron chi connectivity index (χ4n) is 2.24. The van der Waals surface area contributed by atoms with Crippen LogP contribution in [-0.4, -0.2) is 18.5 Å². The van der Waals surface area contributed by atoms with E-state index in [0.717, 1.165) is 11.8 Å². The maximum absolute atomic E-state index is 11.3. The van der Waals surface area contributed by atoms with E-state index in [1.54, 1.807) is 12.1 Å². The number of benzene rings is 2. The molecule has 1 N–H and O–H groups in total. The van der Waals surface area contributed by atoms with E-state index >= 15 is 0 Å². The van der Waals surface area contributed by atoms with E-state index in [9.17, 15) is 9.90 Å².